The van der Waals surface area contributed by atoms with Gasteiger partial charge in [0.05, 0.1) is 6.20 Å². The van der Waals surface area contributed by atoms with Gasteiger partial charge in [-0.1, -0.05) is 0 Å². The molecule has 20 heavy (non-hydrogen) atoms. The first-order valence-corrected chi connectivity index (χ1v) is 6.42. The Labute approximate surface area is 117 Å². The molecule has 0 saturated heterocycles. The zero-order valence-corrected chi connectivity index (χ0v) is 11.9. The molecule has 0 fully saturated rings. The number of hydrogen-bond donors (Lipinski definition) is 1. The highest BCUT2D eigenvalue weighted by molar-refractivity contribution is 5.91. The van der Waals surface area contributed by atoms with Gasteiger partial charge in [0, 0.05) is 38.9 Å². The lowest BCUT2D eigenvalue weighted by Crippen LogP contribution is -2.24. The van der Waals surface area contributed by atoms with Crippen molar-refractivity contribution >= 4 is 11.7 Å². The van der Waals surface area contributed by atoms with Crippen LogP contribution >= 0.6 is 0 Å². The summed E-state index contributed by atoms with van der Waals surface area (Å²) < 4.78 is 1.77. The lowest BCUT2D eigenvalue weighted by Gasteiger charge is -2.20. The second-order valence-corrected chi connectivity index (χ2v) is 4.39. The Kier molecular flexibility index (Phi) is 4.29. The van der Waals surface area contributed by atoms with E-state index in [1.807, 2.05) is 26.4 Å². The molecule has 2 aromatic heterocycles. The average Bonchev–Trinajstić information content (AvgIpc) is 2.89. The minimum absolute atomic E-state index is 0.237. The molecule has 0 bridgehead atoms. The molecular weight excluding hydrogens is 256 g/mol. The van der Waals surface area contributed by atoms with Crippen LogP contribution in [-0.4, -0.2) is 39.5 Å². The second kappa shape index (κ2) is 6.14. The Morgan fingerprint density at radius 1 is 1.40 bits per heavy atom. The van der Waals surface area contributed by atoms with Crippen LogP contribution in [0.1, 0.15) is 23.0 Å². The topological polar surface area (TPSA) is 75.9 Å². The van der Waals surface area contributed by atoms with Gasteiger partial charge in [-0.2, -0.15) is 5.10 Å². The number of amides is 1. The summed E-state index contributed by atoms with van der Waals surface area (Å²) >= 11 is 0. The average molecular weight is 274 g/mol. The highest BCUT2D eigenvalue weighted by atomic mass is 16.1. The maximum atomic E-state index is 11.4. The molecule has 1 amide bonds. The number of aromatic nitrogens is 4. The van der Waals surface area contributed by atoms with Crippen molar-refractivity contribution in [2.24, 2.45) is 7.05 Å². The first kappa shape index (κ1) is 14.0. The Hall–Kier alpha value is -2.44. The number of rotatable bonds is 5. The summed E-state index contributed by atoms with van der Waals surface area (Å²) in [6, 6.07) is 3.48. The minimum Gasteiger partial charge on any atom is -0.354 e. The molecule has 0 spiro atoms. The van der Waals surface area contributed by atoms with Crippen LogP contribution < -0.4 is 10.2 Å². The predicted octanol–water partition coefficient (Wildman–Crippen LogP) is 0.596. The predicted molar refractivity (Wildman–Crippen MR) is 75.4 cm³/mol. The third kappa shape index (κ3) is 3.11. The minimum atomic E-state index is -0.237. The van der Waals surface area contributed by atoms with E-state index in [1.165, 1.54) is 0 Å². The number of nitrogens with zero attached hydrogens (tertiary/aromatic N) is 5. The molecule has 2 heterocycles. The van der Waals surface area contributed by atoms with Gasteiger partial charge in [0.15, 0.2) is 11.5 Å². The van der Waals surface area contributed by atoms with Crippen LogP contribution in [0.2, 0.25) is 0 Å². The van der Waals surface area contributed by atoms with Crippen molar-refractivity contribution in [2.45, 2.75) is 13.5 Å². The SMILES string of the molecule is CCN(Cc1cnn(C)c1)c1ccc(C(=O)NC)nn1. The molecule has 0 saturated carbocycles. The van der Waals surface area contributed by atoms with Gasteiger partial charge in [-0.05, 0) is 19.1 Å². The van der Waals surface area contributed by atoms with Crippen LogP contribution in [0.4, 0.5) is 5.82 Å². The van der Waals surface area contributed by atoms with Gasteiger partial charge >= 0.3 is 0 Å². The normalized spacial score (nSPS) is 10.3. The third-order valence-corrected chi connectivity index (χ3v) is 2.95. The van der Waals surface area contributed by atoms with Crippen LogP contribution in [0.25, 0.3) is 0 Å². The van der Waals surface area contributed by atoms with E-state index in [0.29, 0.717) is 12.2 Å². The lowest BCUT2D eigenvalue weighted by molar-refractivity contribution is 0.0957. The van der Waals surface area contributed by atoms with Gasteiger partial charge < -0.3 is 10.2 Å². The van der Waals surface area contributed by atoms with Gasteiger partial charge in [-0.25, -0.2) is 0 Å². The van der Waals surface area contributed by atoms with E-state index in [1.54, 1.807) is 23.9 Å². The first-order valence-electron chi connectivity index (χ1n) is 6.42. The summed E-state index contributed by atoms with van der Waals surface area (Å²) in [7, 11) is 3.45. The Bertz CT molecular complexity index is 577. The van der Waals surface area contributed by atoms with Crippen molar-refractivity contribution in [2.75, 3.05) is 18.5 Å². The molecule has 0 aliphatic carbocycles. The summed E-state index contributed by atoms with van der Waals surface area (Å²) in [6.45, 7) is 3.55. The first-order chi connectivity index (χ1) is 9.63. The fourth-order valence-corrected chi connectivity index (χ4v) is 1.87. The van der Waals surface area contributed by atoms with Gasteiger partial charge in [0.1, 0.15) is 0 Å². The molecule has 7 nitrogen and oxygen atoms in total. The van der Waals surface area contributed by atoms with E-state index in [-0.39, 0.29) is 5.91 Å². The zero-order valence-electron chi connectivity index (χ0n) is 11.9. The monoisotopic (exact) mass is 274 g/mol. The van der Waals surface area contributed by atoms with E-state index in [4.69, 9.17) is 0 Å². The molecule has 2 rings (SSSR count). The standard InChI is InChI=1S/C13H18N6O/c1-4-19(9-10-7-15-18(3)8-10)12-6-5-11(16-17-12)13(20)14-2/h5-8H,4,9H2,1-3H3,(H,14,20). The molecular formula is C13H18N6O. The number of carbonyl (C=O) groups is 1. The molecule has 2 aromatic rings. The Balaban J connectivity index is 2.13. The third-order valence-electron chi connectivity index (χ3n) is 2.95. The zero-order chi connectivity index (χ0) is 14.5. The van der Waals surface area contributed by atoms with Crippen LogP contribution in [0.15, 0.2) is 24.5 Å². The highest BCUT2D eigenvalue weighted by Crippen LogP contribution is 2.13. The summed E-state index contributed by atoms with van der Waals surface area (Å²) in [4.78, 5) is 13.5. The van der Waals surface area contributed by atoms with Crippen molar-refractivity contribution in [3.8, 4) is 0 Å². The highest BCUT2D eigenvalue weighted by Gasteiger charge is 2.11. The van der Waals surface area contributed by atoms with Crippen LogP contribution in [0.5, 0.6) is 0 Å². The smallest absolute Gasteiger partial charge is 0.271 e. The molecule has 1 N–H and O–H groups in total. The summed E-state index contributed by atoms with van der Waals surface area (Å²) in [5, 5.41) is 14.7. The number of aryl methyl sites for hydroxylation is 1. The van der Waals surface area contributed by atoms with Gasteiger partial charge in [-0.15, -0.1) is 10.2 Å². The largest absolute Gasteiger partial charge is 0.354 e. The summed E-state index contributed by atoms with van der Waals surface area (Å²) in [5.74, 6) is 0.503. The Morgan fingerprint density at radius 3 is 2.70 bits per heavy atom. The fourth-order valence-electron chi connectivity index (χ4n) is 1.87. The van der Waals surface area contributed by atoms with E-state index >= 15 is 0 Å². The fraction of sp³-hybridized carbons (Fsp3) is 0.385. The van der Waals surface area contributed by atoms with Gasteiger partial charge in [0.25, 0.3) is 5.91 Å². The van der Waals surface area contributed by atoms with Crippen LogP contribution in [0, 0.1) is 0 Å². The molecule has 0 radical (unpaired) electrons. The van der Waals surface area contributed by atoms with Crippen molar-refractivity contribution in [1.82, 2.24) is 25.3 Å². The molecule has 0 aliphatic heterocycles. The lowest BCUT2D eigenvalue weighted by atomic mass is 10.3. The van der Waals surface area contributed by atoms with Crippen LogP contribution in [-0.2, 0) is 13.6 Å². The molecule has 0 aromatic carbocycles. The summed E-state index contributed by atoms with van der Waals surface area (Å²) in [6.07, 6.45) is 3.80. The van der Waals surface area contributed by atoms with Crippen molar-refractivity contribution in [3.63, 3.8) is 0 Å². The maximum absolute atomic E-state index is 11.4. The van der Waals surface area contributed by atoms with Gasteiger partial charge in [0.2, 0.25) is 0 Å². The van der Waals surface area contributed by atoms with Crippen molar-refractivity contribution in [1.29, 1.82) is 0 Å². The van der Waals surface area contributed by atoms with Crippen molar-refractivity contribution < 1.29 is 4.79 Å². The van der Waals surface area contributed by atoms with Gasteiger partial charge in [-0.3, -0.25) is 9.48 Å². The van der Waals surface area contributed by atoms with E-state index in [9.17, 15) is 4.79 Å². The molecule has 0 atom stereocenters. The Morgan fingerprint density at radius 2 is 2.20 bits per heavy atom. The van der Waals surface area contributed by atoms with E-state index in [2.05, 4.69) is 25.5 Å². The molecule has 7 heteroatoms. The number of nitrogens with one attached hydrogen (secondary N) is 1. The number of carbonyl (C=O) groups excluding carboxylic acids is 1. The number of anilines is 1. The van der Waals surface area contributed by atoms with Crippen molar-refractivity contribution in [3.05, 3.63) is 35.8 Å². The van der Waals surface area contributed by atoms with E-state index < -0.39 is 0 Å². The maximum Gasteiger partial charge on any atom is 0.271 e. The van der Waals surface area contributed by atoms with E-state index in [0.717, 1.165) is 17.9 Å². The summed E-state index contributed by atoms with van der Waals surface area (Å²) in [5.41, 5.74) is 1.42. The molecule has 106 valence electrons. The molecule has 0 unspecified atom stereocenters. The second-order valence-electron chi connectivity index (χ2n) is 4.39. The number of hydrogen-bond acceptors (Lipinski definition) is 5. The quantitative estimate of drug-likeness (QED) is 0.864. The molecule has 0 aliphatic rings. The van der Waals surface area contributed by atoms with Crippen LogP contribution in [0.3, 0.4) is 0 Å².